The van der Waals surface area contributed by atoms with E-state index in [-0.39, 0.29) is 0 Å². The van der Waals surface area contributed by atoms with Gasteiger partial charge in [-0.25, -0.2) is 5.84 Å². The van der Waals surface area contributed by atoms with Crippen LogP contribution < -0.4 is 16.6 Å². The Morgan fingerprint density at radius 1 is 1.80 bits per heavy atom. The molecule has 0 aliphatic rings. The quantitative estimate of drug-likeness (QED) is 0.253. The summed E-state index contributed by atoms with van der Waals surface area (Å²) in [5.74, 6) is 5.00. The zero-order valence-electron chi connectivity index (χ0n) is 5.09. The lowest BCUT2D eigenvalue weighted by atomic mass is 10.6. The monoisotopic (exact) mass is 157 g/mol. The Kier molecular flexibility index (Phi) is 2.19. The predicted octanol–water partition coefficient (Wildman–Crippen LogP) is -0.430. The maximum atomic E-state index is 5.00. The number of aromatic amines is 1. The Labute approximate surface area is 63.0 Å². The number of nitrogens with one attached hydrogen (secondary N) is 3. The molecule has 0 unspecified atom stereocenters. The molecule has 1 aromatic heterocycles. The van der Waals surface area contributed by atoms with E-state index in [2.05, 4.69) is 20.9 Å². The number of hydrogen-bond donors (Lipinski definition) is 4. The summed E-state index contributed by atoms with van der Waals surface area (Å²) in [6, 6.07) is 0. The largest absolute Gasteiger partial charge is 0.329 e. The van der Waals surface area contributed by atoms with Gasteiger partial charge < -0.3 is 10.7 Å². The van der Waals surface area contributed by atoms with Crippen LogP contribution in [0, 0.1) is 0 Å². The third-order valence-corrected chi connectivity index (χ3v) is 1.11. The molecule has 0 aliphatic heterocycles. The Hall–Kier alpha value is -1.14. The van der Waals surface area contributed by atoms with Crippen molar-refractivity contribution in [2.24, 2.45) is 5.84 Å². The fourth-order valence-corrected chi connectivity index (χ4v) is 0.604. The van der Waals surface area contributed by atoms with E-state index in [1.54, 1.807) is 12.4 Å². The first-order valence-corrected chi connectivity index (χ1v) is 3.00. The number of hydrazine groups is 1. The first-order chi connectivity index (χ1) is 4.83. The average Bonchev–Trinajstić information content (AvgIpc) is 2.40. The van der Waals surface area contributed by atoms with Gasteiger partial charge in [-0.2, -0.15) is 5.10 Å². The average molecular weight is 157 g/mol. The molecule has 0 amide bonds. The molecule has 54 valence electrons. The summed E-state index contributed by atoms with van der Waals surface area (Å²) in [6.45, 7) is 0. The summed E-state index contributed by atoms with van der Waals surface area (Å²) in [7, 11) is 0. The molecule has 1 aromatic rings. The van der Waals surface area contributed by atoms with E-state index in [0.717, 1.165) is 5.69 Å². The van der Waals surface area contributed by atoms with Crippen molar-refractivity contribution in [3.63, 3.8) is 0 Å². The highest BCUT2D eigenvalue weighted by Gasteiger charge is 1.93. The smallest absolute Gasteiger partial charge is 0.185 e. The number of nitrogens with two attached hydrogens (primary N) is 1. The molecule has 5 nitrogen and oxygen atoms in total. The number of H-pyrrole nitrogens is 1. The van der Waals surface area contributed by atoms with Gasteiger partial charge in [-0.3, -0.25) is 5.10 Å². The van der Waals surface area contributed by atoms with Gasteiger partial charge in [0.2, 0.25) is 0 Å². The first kappa shape index (κ1) is 6.97. The van der Waals surface area contributed by atoms with Crippen LogP contribution in [0.25, 0.3) is 0 Å². The van der Waals surface area contributed by atoms with E-state index in [9.17, 15) is 0 Å². The number of rotatable bonds is 1. The predicted molar refractivity (Wildman–Crippen MR) is 42.1 cm³/mol. The van der Waals surface area contributed by atoms with Crippen molar-refractivity contribution in [3.05, 3.63) is 12.4 Å². The summed E-state index contributed by atoms with van der Waals surface area (Å²) >= 11 is 4.71. The zero-order chi connectivity index (χ0) is 7.40. The highest BCUT2D eigenvalue weighted by Crippen LogP contribution is 1.99. The van der Waals surface area contributed by atoms with Gasteiger partial charge in [-0.05, 0) is 12.2 Å². The summed E-state index contributed by atoms with van der Waals surface area (Å²) < 4.78 is 0. The molecular weight excluding hydrogens is 150 g/mol. The van der Waals surface area contributed by atoms with Crippen molar-refractivity contribution >= 4 is 23.0 Å². The van der Waals surface area contributed by atoms with Gasteiger partial charge >= 0.3 is 0 Å². The van der Waals surface area contributed by atoms with Crippen LogP contribution in [0.4, 0.5) is 5.69 Å². The molecular formula is C4H7N5S. The third kappa shape index (κ3) is 1.67. The molecule has 0 radical (unpaired) electrons. The molecule has 0 fully saturated rings. The van der Waals surface area contributed by atoms with Crippen LogP contribution in [0.15, 0.2) is 12.4 Å². The second-order valence-corrected chi connectivity index (χ2v) is 1.99. The van der Waals surface area contributed by atoms with Gasteiger partial charge in [0.25, 0.3) is 0 Å². The fourth-order valence-electron chi connectivity index (χ4n) is 0.486. The van der Waals surface area contributed by atoms with Gasteiger partial charge in [0.15, 0.2) is 5.11 Å². The molecule has 0 saturated heterocycles. The molecule has 6 heteroatoms. The van der Waals surface area contributed by atoms with E-state index in [1.165, 1.54) is 0 Å². The SMILES string of the molecule is NNC(=S)Nc1cn[nH]c1. The van der Waals surface area contributed by atoms with E-state index in [4.69, 9.17) is 18.1 Å². The molecule has 0 aromatic carbocycles. The van der Waals surface area contributed by atoms with Crippen molar-refractivity contribution in [2.45, 2.75) is 0 Å². The standard InChI is InChI=1S/C4H7N5S/c5-9-4(10)8-3-1-6-7-2-3/h1-2H,5H2,(H,6,7)(H2,8,9,10). The van der Waals surface area contributed by atoms with Crippen LogP contribution in [0.1, 0.15) is 0 Å². The molecule has 10 heavy (non-hydrogen) atoms. The second-order valence-electron chi connectivity index (χ2n) is 1.59. The maximum Gasteiger partial charge on any atom is 0.185 e. The lowest BCUT2D eigenvalue weighted by Gasteiger charge is -2.01. The molecule has 0 bridgehead atoms. The van der Waals surface area contributed by atoms with Crippen molar-refractivity contribution in [1.29, 1.82) is 0 Å². The minimum atomic E-state index is 0.362. The van der Waals surface area contributed by atoms with Gasteiger partial charge in [0.05, 0.1) is 11.9 Å². The molecule has 0 spiro atoms. The first-order valence-electron chi connectivity index (χ1n) is 2.59. The fraction of sp³-hybridized carbons (Fsp3) is 0. The third-order valence-electron chi connectivity index (χ3n) is 0.887. The minimum Gasteiger partial charge on any atom is -0.329 e. The molecule has 0 saturated carbocycles. The Balaban J connectivity index is 2.48. The van der Waals surface area contributed by atoms with Crippen molar-refractivity contribution in [3.8, 4) is 0 Å². The topological polar surface area (TPSA) is 78.8 Å². The highest BCUT2D eigenvalue weighted by atomic mass is 32.1. The van der Waals surface area contributed by atoms with Crippen LogP contribution in [-0.4, -0.2) is 15.3 Å². The Morgan fingerprint density at radius 3 is 3.10 bits per heavy atom. The van der Waals surface area contributed by atoms with Crippen molar-refractivity contribution < 1.29 is 0 Å². The summed E-state index contributed by atoms with van der Waals surface area (Å²) in [4.78, 5) is 0. The van der Waals surface area contributed by atoms with Gasteiger partial charge in [-0.1, -0.05) is 0 Å². The molecule has 1 rings (SSSR count). The van der Waals surface area contributed by atoms with Crippen LogP contribution in [0.3, 0.4) is 0 Å². The van der Waals surface area contributed by atoms with Crippen LogP contribution in [-0.2, 0) is 0 Å². The van der Waals surface area contributed by atoms with Gasteiger partial charge in [0.1, 0.15) is 0 Å². The van der Waals surface area contributed by atoms with Crippen molar-refractivity contribution in [1.82, 2.24) is 15.6 Å². The number of anilines is 1. The molecule has 5 N–H and O–H groups in total. The lowest BCUT2D eigenvalue weighted by molar-refractivity contribution is 1.04. The van der Waals surface area contributed by atoms with Crippen LogP contribution >= 0.6 is 12.2 Å². The van der Waals surface area contributed by atoms with E-state index < -0.39 is 0 Å². The minimum absolute atomic E-state index is 0.362. The van der Waals surface area contributed by atoms with E-state index in [0.29, 0.717) is 5.11 Å². The summed E-state index contributed by atoms with van der Waals surface area (Å²) in [5.41, 5.74) is 3.06. The number of nitrogens with zero attached hydrogens (tertiary/aromatic N) is 1. The molecule has 0 aliphatic carbocycles. The summed E-state index contributed by atoms with van der Waals surface area (Å²) in [5, 5.41) is 9.45. The van der Waals surface area contributed by atoms with Gasteiger partial charge in [-0.15, -0.1) is 0 Å². The maximum absolute atomic E-state index is 5.00. The normalized spacial score (nSPS) is 8.90. The van der Waals surface area contributed by atoms with Crippen LogP contribution in [0.5, 0.6) is 0 Å². The van der Waals surface area contributed by atoms with E-state index in [1.807, 2.05) is 0 Å². The molecule has 0 atom stereocenters. The van der Waals surface area contributed by atoms with Crippen molar-refractivity contribution in [2.75, 3.05) is 5.32 Å². The summed E-state index contributed by atoms with van der Waals surface area (Å²) in [6.07, 6.45) is 3.27. The second kappa shape index (κ2) is 3.14. The Bertz CT molecular complexity index is 205. The van der Waals surface area contributed by atoms with Crippen LogP contribution in [0.2, 0.25) is 0 Å². The number of thiocarbonyl (C=S) groups is 1. The molecule has 1 heterocycles. The van der Waals surface area contributed by atoms with E-state index >= 15 is 0 Å². The van der Waals surface area contributed by atoms with Gasteiger partial charge in [0, 0.05) is 6.20 Å². The number of hydrogen-bond acceptors (Lipinski definition) is 3. The number of aromatic nitrogens is 2. The lowest BCUT2D eigenvalue weighted by Crippen LogP contribution is -2.33. The highest BCUT2D eigenvalue weighted by molar-refractivity contribution is 7.80. The Morgan fingerprint density at radius 2 is 2.60 bits per heavy atom. The zero-order valence-corrected chi connectivity index (χ0v) is 5.90.